The fourth-order valence-corrected chi connectivity index (χ4v) is 2.57. The average Bonchev–Trinajstić information content (AvgIpc) is 2.58. The summed E-state index contributed by atoms with van der Waals surface area (Å²) in [5.41, 5.74) is 2.40. The molecule has 0 atom stereocenters. The van der Waals surface area contributed by atoms with Gasteiger partial charge in [0.25, 0.3) is 0 Å². The molecule has 1 saturated heterocycles. The van der Waals surface area contributed by atoms with Crippen LogP contribution in [0.1, 0.15) is 18.9 Å². The van der Waals surface area contributed by atoms with Crippen molar-refractivity contribution < 1.29 is 14.2 Å². The number of methoxy groups -OCH3 is 1. The van der Waals surface area contributed by atoms with Crippen LogP contribution in [0.25, 0.3) is 0 Å². The molecular formula is C17H28N2O3. The van der Waals surface area contributed by atoms with Gasteiger partial charge in [0, 0.05) is 32.8 Å². The van der Waals surface area contributed by atoms with Crippen LogP contribution in [0, 0.1) is 0 Å². The van der Waals surface area contributed by atoms with Gasteiger partial charge in [0.15, 0.2) is 0 Å². The van der Waals surface area contributed by atoms with Crippen molar-refractivity contribution >= 4 is 5.69 Å². The maximum Gasteiger partial charge on any atom is 0.142 e. The summed E-state index contributed by atoms with van der Waals surface area (Å²) >= 11 is 0. The van der Waals surface area contributed by atoms with Crippen molar-refractivity contribution in [2.75, 3.05) is 58.1 Å². The van der Waals surface area contributed by atoms with E-state index in [1.54, 1.807) is 7.11 Å². The molecule has 1 aliphatic rings. The summed E-state index contributed by atoms with van der Waals surface area (Å²) in [5, 5.41) is 3.44. The predicted molar refractivity (Wildman–Crippen MR) is 88.8 cm³/mol. The first kappa shape index (κ1) is 17.1. The Morgan fingerprint density at radius 1 is 1.27 bits per heavy atom. The Morgan fingerprint density at radius 3 is 2.82 bits per heavy atom. The van der Waals surface area contributed by atoms with Crippen LogP contribution in [-0.4, -0.2) is 53.2 Å². The number of hydrogen-bond acceptors (Lipinski definition) is 5. The Bertz CT molecular complexity index is 434. The first-order valence-corrected chi connectivity index (χ1v) is 8.13. The molecule has 1 N–H and O–H groups in total. The summed E-state index contributed by atoms with van der Waals surface area (Å²) in [6.07, 6.45) is 1.04. The van der Waals surface area contributed by atoms with Crippen molar-refractivity contribution in [3.8, 4) is 5.75 Å². The quantitative estimate of drug-likeness (QED) is 0.707. The number of hydrogen-bond donors (Lipinski definition) is 1. The van der Waals surface area contributed by atoms with Gasteiger partial charge in [-0.2, -0.15) is 0 Å². The largest absolute Gasteiger partial charge is 0.495 e. The Balaban J connectivity index is 1.85. The molecule has 22 heavy (non-hydrogen) atoms. The predicted octanol–water partition coefficient (Wildman–Crippen LogP) is 2.05. The zero-order valence-electron chi connectivity index (χ0n) is 13.8. The molecule has 124 valence electrons. The van der Waals surface area contributed by atoms with Gasteiger partial charge in [-0.25, -0.2) is 0 Å². The van der Waals surface area contributed by atoms with Gasteiger partial charge in [-0.15, -0.1) is 0 Å². The fraction of sp³-hybridized carbons (Fsp3) is 0.647. The number of anilines is 1. The third-order valence-corrected chi connectivity index (χ3v) is 3.77. The third-order valence-electron chi connectivity index (χ3n) is 3.77. The highest BCUT2D eigenvalue weighted by molar-refractivity contribution is 5.60. The van der Waals surface area contributed by atoms with Crippen LogP contribution in [0.3, 0.4) is 0 Å². The topological polar surface area (TPSA) is 43.0 Å². The standard InChI is InChI=1S/C17H28N2O3/c1-3-21-10-4-7-18-14-15-5-6-16(17(13-15)20-2)19-8-11-22-12-9-19/h5-6,13,18H,3-4,7-12,14H2,1-2H3. The van der Waals surface area contributed by atoms with Gasteiger partial charge in [-0.05, 0) is 37.6 Å². The summed E-state index contributed by atoms with van der Waals surface area (Å²) in [4.78, 5) is 2.32. The van der Waals surface area contributed by atoms with Crippen molar-refractivity contribution in [2.45, 2.75) is 19.9 Å². The van der Waals surface area contributed by atoms with Crippen LogP contribution in [-0.2, 0) is 16.0 Å². The lowest BCUT2D eigenvalue weighted by atomic mass is 10.1. The number of rotatable bonds is 9. The highest BCUT2D eigenvalue weighted by atomic mass is 16.5. The van der Waals surface area contributed by atoms with E-state index in [-0.39, 0.29) is 0 Å². The molecule has 0 saturated carbocycles. The van der Waals surface area contributed by atoms with Crippen LogP contribution >= 0.6 is 0 Å². The molecule has 0 aromatic heterocycles. The zero-order chi connectivity index (χ0) is 15.6. The van der Waals surface area contributed by atoms with E-state index in [0.717, 1.165) is 70.5 Å². The average molecular weight is 308 g/mol. The van der Waals surface area contributed by atoms with Gasteiger partial charge >= 0.3 is 0 Å². The number of ether oxygens (including phenoxy) is 3. The van der Waals surface area contributed by atoms with E-state index in [9.17, 15) is 0 Å². The maximum atomic E-state index is 5.57. The van der Waals surface area contributed by atoms with Crippen LogP contribution in [0.5, 0.6) is 5.75 Å². The minimum absolute atomic E-state index is 0.784. The van der Waals surface area contributed by atoms with Crippen molar-refractivity contribution in [3.05, 3.63) is 23.8 Å². The van der Waals surface area contributed by atoms with Gasteiger partial charge < -0.3 is 24.4 Å². The molecule has 1 aliphatic heterocycles. The van der Waals surface area contributed by atoms with E-state index in [0.29, 0.717) is 0 Å². The molecule has 0 spiro atoms. The highest BCUT2D eigenvalue weighted by Crippen LogP contribution is 2.29. The smallest absolute Gasteiger partial charge is 0.142 e. The number of nitrogens with one attached hydrogen (secondary N) is 1. The Morgan fingerprint density at radius 2 is 2.09 bits per heavy atom. The molecule has 1 aromatic rings. The number of nitrogens with zero attached hydrogens (tertiary/aromatic N) is 1. The molecule has 2 rings (SSSR count). The van der Waals surface area contributed by atoms with E-state index in [1.807, 2.05) is 6.92 Å². The molecule has 0 amide bonds. The SMILES string of the molecule is CCOCCCNCc1ccc(N2CCOCC2)c(OC)c1. The molecule has 1 fully saturated rings. The summed E-state index contributed by atoms with van der Waals surface area (Å²) < 4.78 is 16.3. The van der Waals surface area contributed by atoms with E-state index in [2.05, 4.69) is 28.4 Å². The molecule has 0 unspecified atom stereocenters. The summed E-state index contributed by atoms with van der Waals surface area (Å²) in [7, 11) is 1.73. The van der Waals surface area contributed by atoms with Gasteiger partial charge in [-0.3, -0.25) is 0 Å². The van der Waals surface area contributed by atoms with Crippen molar-refractivity contribution in [3.63, 3.8) is 0 Å². The van der Waals surface area contributed by atoms with Crippen molar-refractivity contribution in [2.24, 2.45) is 0 Å². The molecule has 0 radical (unpaired) electrons. The molecule has 1 heterocycles. The molecule has 5 heteroatoms. The lowest BCUT2D eigenvalue weighted by Gasteiger charge is -2.30. The van der Waals surface area contributed by atoms with E-state index in [1.165, 1.54) is 5.56 Å². The van der Waals surface area contributed by atoms with E-state index < -0.39 is 0 Å². The van der Waals surface area contributed by atoms with Crippen LogP contribution in [0.2, 0.25) is 0 Å². The first-order valence-electron chi connectivity index (χ1n) is 8.13. The zero-order valence-corrected chi connectivity index (χ0v) is 13.8. The van der Waals surface area contributed by atoms with Crippen molar-refractivity contribution in [1.82, 2.24) is 5.32 Å². The maximum absolute atomic E-state index is 5.57. The Kier molecular flexibility index (Phi) is 7.49. The Hall–Kier alpha value is -1.30. The van der Waals surface area contributed by atoms with Gasteiger partial charge in [0.05, 0.1) is 26.0 Å². The summed E-state index contributed by atoms with van der Waals surface area (Å²) in [5.74, 6) is 0.940. The molecule has 0 aliphatic carbocycles. The normalized spacial score (nSPS) is 15.1. The minimum Gasteiger partial charge on any atom is -0.495 e. The lowest BCUT2D eigenvalue weighted by molar-refractivity contribution is 0.122. The van der Waals surface area contributed by atoms with E-state index >= 15 is 0 Å². The Labute approximate surface area is 133 Å². The monoisotopic (exact) mass is 308 g/mol. The minimum atomic E-state index is 0.784. The second-order valence-corrected chi connectivity index (χ2v) is 5.33. The van der Waals surface area contributed by atoms with Crippen LogP contribution < -0.4 is 15.0 Å². The van der Waals surface area contributed by atoms with Crippen LogP contribution in [0.15, 0.2) is 18.2 Å². The molecular weight excluding hydrogens is 280 g/mol. The lowest BCUT2D eigenvalue weighted by Crippen LogP contribution is -2.36. The van der Waals surface area contributed by atoms with Crippen molar-refractivity contribution in [1.29, 1.82) is 0 Å². The van der Waals surface area contributed by atoms with Gasteiger partial charge in [0.2, 0.25) is 0 Å². The number of benzene rings is 1. The van der Waals surface area contributed by atoms with E-state index in [4.69, 9.17) is 14.2 Å². The second-order valence-electron chi connectivity index (χ2n) is 5.33. The first-order chi connectivity index (χ1) is 10.8. The van der Waals surface area contributed by atoms with Crippen LogP contribution in [0.4, 0.5) is 5.69 Å². The fourth-order valence-electron chi connectivity index (χ4n) is 2.57. The number of morpholine rings is 1. The molecule has 5 nitrogen and oxygen atoms in total. The summed E-state index contributed by atoms with van der Waals surface area (Å²) in [6.45, 7) is 8.87. The molecule has 1 aromatic carbocycles. The molecule has 0 bridgehead atoms. The van der Waals surface area contributed by atoms with Gasteiger partial charge in [-0.1, -0.05) is 6.07 Å². The summed E-state index contributed by atoms with van der Waals surface area (Å²) in [6, 6.07) is 6.45. The van der Waals surface area contributed by atoms with Gasteiger partial charge in [0.1, 0.15) is 5.75 Å². The third kappa shape index (κ3) is 5.16. The second kappa shape index (κ2) is 9.66. The highest BCUT2D eigenvalue weighted by Gasteiger charge is 2.15.